The van der Waals surface area contributed by atoms with Gasteiger partial charge in [0, 0.05) is 131 Å². The monoisotopic (exact) mass is 1250 g/mol. The van der Waals surface area contributed by atoms with Crippen molar-refractivity contribution in [3.8, 4) is 39.5 Å². The van der Waals surface area contributed by atoms with Crippen LogP contribution in [-0.4, -0.2) is 86.9 Å². The number of anilines is 7. The van der Waals surface area contributed by atoms with E-state index in [0.717, 1.165) is 95.3 Å². The number of imidazole rings is 3. The zero-order valence-electron chi connectivity index (χ0n) is 47.0. The van der Waals surface area contributed by atoms with E-state index in [4.69, 9.17) is 9.72 Å². The summed E-state index contributed by atoms with van der Waals surface area (Å²) in [5.74, 6) is 0.168. The predicted octanol–water partition coefficient (Wildman–Crippen LogP) is 16.2. The molecule has 13 aromatic rings. The van der Waals surface area contributed by atoms with Crippen LogP contribution < -0.4 is 25.6 Å². The first-order valence-corrected chi connectivity index (χ1v) is 27.7. The molecule has 8 heterocycles. The molecule has 0 atom stereocenters. The zero-order chi connectivity index (χ0) is 63.4. The normalized spacial score (nSPS) is 12.9. The van der Waals surface area contributed by atoms with E-state index in [9.17, 15) is 48.3 Å². The number of nitrogens with zero attached hydrogens (tertiary/aromatic N) is 10. The van der Waals surface area contributed by atoms with Crippen molar-refractivity contribution in [2.24, 2.45) is 0 Å². The molecule has 6 aromatic carbocycles. The van der Waals surface area contributed by atoms with Crippen molar-refractivity contribution in [2.45, 2.75) is 24.9 Å². The first kappa shape index (κ1) is 60.2. The lowest BCUT2D eigenvalue weighted by molar-refractivity contribution is -0.253. The number of alkyl halides is 10. The molecule has 91 heavy (non-hydrogen) atoms. The topological polar surface area (TPSA) is 164 Å². The Morgan fingerprint density at radius 1 is 0.516 bits per heavy atom. The Balaban J connectivity index is 0.000000134. The van der Waals surface area contributed by atoms with Gasteiger partial charge in [-0.15, -0.1) is 0 Å². The van der Waals surface area contributed by atoms with Crippen LogP contribution in [0, 0.1) is 5.82 Å². The highest BCUT2D eigenvalue weighted by Gasteiger charge is 2.44. The minimum Gasteiger partial charge on any atom is -0.428 e. The molecule has 462 valence electrons. The second kappa shape index (κ2) is 25.2. The van der Waals surface area contributed by atoms with Crippen LogP contribution in [0.25, 0.3) is 61.6 Å². The molecule has 16 nitrogen and oxygen atoms in total. The van der Waals surface area contributed by atoms with E-state index < -0.39 is 47.3 Å². The summed E-state index contributed by atoms with van der Waals surface area (Å²) in [7, 11) is 0. The van der Waals surface area contributed by atoms with Gasteiger partial charge in [0.2, 0.25) is 0 Å². The number of hydrogen-bond donors (Lipinski definition) is 4. The maximum atomic E-state index is 14.3. The molecule has 0 aliphatic carbocycles. The highest BCUT2D eigenvalue weighted by Crippen LogP contribution is 2.40. The molecule has 7 aromatic heterocycles. The van der Waals surface area contributed by atoms with Crippen LogP contribution >= 0.6 is 0 Å². The lowest BCUT2D eigenvalue weighted by Crippen LogP contribution is -2.36. The Morgan fingerprint density at radius 2 is 1.04 bits per heavy atom. The van der Waals surface area contributed by atoms with E-state index in [2.05, 4.69) is 98.0 Å². The van der Waals surface area contributed by atoms with Gasteiger partial charge in [-0.25, -0.2) is 34.3 Å². The molecule has 0 spiro atoms. The van der Waals surface area contributed by atoms with E-state index in [0.29, 0.717) is 34.9 Å². The average Bonchev–Trinajstić information content (AvgIpc) is 2.00. The van der Waals surface area contributed by atoms with Gasteiger partial charge in [-0.1, -0.05) is 48.5 Å². The van der Waals surface area contributed by atoms with Crippen LogP contribution in [0.4, 0.5) is 88.5 Å². The highest BCUT2D eigenvalue weighted by molar-refractivity contribution is 5.85. The van der Waals surface area contributed by atoms with E-state index >= 15 is 0 Å². The molecule has 0 radical (unpaired) electrons. The van der Waals surface area contributed by atoms with Crippen LogP contribution in [0.5, 0.6) is 5.75 Å². The second-order valence-electron chi connectivity index (χ2n) is 20.3. The lowest BCUT2D eigenvalue weighted by Gasteiger charge is -2.28. The van der Waals surface area contributed by atoms with Gasteiger partial charge in [0.1, 0.15) is 11.6 Å². The Bertz CT molecular complexity index is 4650. The molecule has 1 aliphatic rings. The Morgan fingerprint density at radius 3 is 1.63 bits per heavy atom. The van der Waals surface area contributed by atoms with Gasteiger partial charge in [-0.3, -0.25) is 0 Å². The largest absolute Gasteiger partial charge is 0.461 e. The van der Waals surface area contributed by atoms with E-state index in [1.54, 1.807) is 36.8 Å². The summed E-state index contributed by atoms with van der Waals surface area (Å²) in [6.07, 6.45) is -2.34. The number of fused-ring (bicyclic) bond motifs is 4. The van der Waals surface area contributed by atoms with Gasteiger partial charge in [-0.2, -0.15) is 43.9 Å². The summed E-state index contributed by atoms with van der Waals surface area (Å²) in [4.78, 5) is 31.9. The molecule has 0 unspecified atom stereocenters. The molecular weight excluding hydrogens is 1210 g/mol. The summed E-state index contributed by atoms with van der Waals surface area (Å²) in [6, 6.07) is 38.5. The number of aromatic amines is 1. The quantitative estimate of drug-likeness (QED) is 0.0809. The third-order valence-corrected chi connectivity index (χ3v) is 14.2. The predicted molar refractivity (Wildman–Crippen MR) is 321 cm³/mol. The van der Waals surface area contributed by atoms with Crippen molar-refractivity contribution in [3.05, 3.63) is 225 Å². The van der Waals surface area contributed by atoms with Crippen LogP contribution in [0.2, 0.25) is 0 Å². The van der Waals surface area contributed by atoms with Crippen LogP contribution in [0.15, 0.2) is 208 Å². The molecule has 1 saturated heterocycles. The summed E-state index contributed by atoms with van der Waals surface area (Å²) >= 11 is 0. The molecule has 1 fully saturated rings. The zero-order valence-corrected chi connectivity index (χ0v) is 47.0. The molecule has 4 N–H and O–H groups in total. The standard InChI is InChI=1S/C22H12F10N4O.C22H20FN5O.C20H15N5/c23-19(24)22(31,32)37-15-3-1-2-14(9-15)34-17-18-33-4-5-36(18)10-16(35-17)11-6-12(20(25,26)27)8-13(7-11)21(28,29)30;23-19-4-2-1-3-18(19)20-15-28-10-9-24-22(28)21(26-20)25-16-5-7-17(8-6-16)27-11-13-29-14-12-27;1-2-4-14(5-3-1)18-13-25-11-10-22-20(25)19(24-18)23-16-6-7-17-15(12-16)8-9-21-17/h1-10,19H,(H,34,35);1-10,15H,11-14H2,(H,25,26);1-13,21H,(H,23,24). The van der Waals surface area contributed by atoms with Gasteiger partial charge in [0.15, 0.2) is 34.4 Å². The van der Waals surface area contributed by atoms with E-state index in [1.165, 1.54) is 35.0 Å². The molecule has 0 saturated carbocycles. The van der Waals surface area contributed by atoms with Crippen LogP contribution in [0.3, 0.4) is 0 Å². The maximum Gasteiger partial charge on any atom is 0.461 e. The minimum atomic E-state index is -5.09. The van der Waals surface area contributed by atoms with E-state index in [1.807, 2.05) is 70.0 Å². The first-order valence-electron chi connectivity index (χ1n) is 27.7. The van der Waals surface area contributed by atoms with Crippen molar-refractivity contribution >= 4 is 68.0 Å². The number of halogens is 11. The van der Waals surface area contributed by atoms with Gasteiger partial charge in [-0.05, 0) is 91.0 Å². The van der Waals surface area contributed by atoms with Crippen molar-refractivity contribution in [3.63, 3.8) is 0 Å². The van der Waals surface area contributed by atoms with Gasteiger partial charge in [0.05, 0.1) is 41.4 Å². The van der Waals surface area contributed by atoms with Crippen LogP contribution in [0.1, 0.15) is 11.1 Å². The number of H-pyrrole nitrogens is 1. The fraction of sp³-hybridized carbons (Fsp3) is 0.125. The highest BCUT2D eigenvalue weighted by atomic mass is 19.4. The number of rotatable bonds is 13. The second-order valence-corrected chi connectivity index (χ2v) is 20.3. The van der Waals surface area contributed by atoms with Gasteiger partial charge in [0.25, 0.3) is 0 Å². The van der Waals surface area contributed by atoms with Gasteiger partial charge < -0.3 is 48.5 Å². The number of nitrogens with one attached hydrogen (secondary N) is 4. The summed E-state index contributed by atoms with van der Waals surface area (Å²) in [5, 5.41) is 10.5. The van der Waals surface area contributed by atoms with Crippen LogP contribution in [-0.2, 0) is 17.1 Å². The van der Waals surface area contributed by atoms with Crippen molar-refractivity contribution in [1.82, 2.24) is 48.1 Å². The van der Waals surface area contributed by atoms with Crippen molar-refractivity contribution in [2.75, 3.05) is 47.2 Å². The average molecular weight is 1250 g/mol. The molecule has 1 aliphatic heterocycles. The first-order chi connectivity index (χ1) is 43.8. The third kappa shape index (κ3) is 13.8. The lowest BCUT2D eigenvalue weighted by atomic mass is 10.0. The smallest absolute Gasteiger partial charge is 0.428 e. The fourth-order valence-corrected chi connectivity index (χ4v) is 9.79. The molecule has 14 rings (SSSR count). The Labute approximate surface area is 508 Å². The fourth-order valence-electron chi connectivity index (χ4n) is 9.79. The Kier molecular flexibility index (Phi) is 16.7. The molecule has 0 bridgehead atoms. The van der Waals surface area contributed by atoms with Gasteiger partial charge >= 0.3 is 24.9 Å². The summed E-state index contributed by atoms with van der Waals surface area (Å²) < 4.78 is 160. The number of aromatic nitrogens is 10. The maximum absolute atomic E-state index is 14.3. The molecule has 27 heteroatoms. The number of hydrogen-bond acceptors (Lipinski definition) is 12. The number of benzene rings is 6. The molecule has 0 amide bonds. The SMILES string of the molecule is FC(F)C(F)(F)Oc1cccc(Nc2nc(-c3cc(C(F)(F)F)cc(C(F)(F)F)c3)cn3ccnc23)c1.Fc1ccccc1-c1cn2ccnc2c(Nc2ccc(N3CCOCC3)cc2)n1.c1ccc(-c2cn3ccnc3c(Nc3ccc4[nH]ccc4c3)n2)cc1. The Hall–Kier alpha value is -11.1. The van der Waals surface area contributed by atoms with Crippen molar-refractivity contribution in [1.29, 1.82) is 0 Å². The molecular formula is C64H47F11N14O2. The number of morpholine rings is 1. The third-order valence-electron chi connectivity index (χ3n) is 14.2. The summed E-state index contributed by atoms with van der Waals surface area (Å²) in [5.41, 5.74) is 4.70. The van der Waals surface area contributed by atoms with E-state index in [-0.39, 0.29) is 34.7 Å². The minimum absolute atomic E-state index is 0.0287. The summed E-state index contributed by atoms with van der Waals surface area (Å²) in [6.45, 7) is 3.30. The number of ether oxygens (including phenoxy) is 2. The van der Waals surface area contributed by atoms with Crippen molar-refractivity contribution < 1.29 is 57.8 Å².